The van der Waals surface area contributed by atoms with Crippen LogP contribution in [0.25, 0.3) is 0 Å². The van der Waals surface area contributed by atoms with Crippen molar-refractivity contribution in [1.29, 1.82) is 0 Å². The van der Waals surface area contributed by atoms with Crippen LogP contribution in [0.3, 0.4) is 0 Å². The molecule has 1 saturated heterocycles. The van der Waals surface area contributed by atoms with Gasteiger partial charge in [-0.1, -0.05) is 0 Å². The number of aromatic nitrogens is 2. The van der Waals surface area contributed by atoms with E-state index in [1.165, 1.54) is 4.90 Å². The summed E-state index contributed by atoms with van der Waals surface area (Å²) in [6.45, 7) is 0.575. The lowest BCUT2D eigenvalue weighted by Crippen LogP contribution is -2.41. The summed E-state index contributed by atoms with van der Waals surface area (Å²) in [6, 6.07) is -0.298. The molecule has 2 aliphatic rings. The third kappa shape index (κ3) is 3.63. The number of carboxylic acids is 1. The Morgan fingerprint density at radius 1 is 1.44 bits per heavy atom. The number of nitrogens with one attached hydrogen (secondary N) is 1. The van der Waals surface area contributed by atoms with E-state index in [1.54, 1.807) is 0 Å². The number of hydrogen-bond acceptors (Lipinski definition) is 5. The highest BCUT2D eigenvalue weighted by molar-refractivity contribution is 5.71. The maximum atomic E-state index is 13.2. The van der Waals surface area contributed by atoms with Crippen LogP contribution >= 0.6 is 0 Å². The lowest BCUT2D eigenvalue weighted by Gasteiger charge is -2.35. The molecule has 2 N–H and O–H groups in total. The molecule has 0 bridgehead atoms. The Balaban J connectivity index is 1.70. The Labute approximate surface area is 140 Å². The Morgan fingerprint density at radius 3 is 2.80 bits per heavy atom. The molecule has 25 heavy (non-hydrogen) atoms. The van der Waals surface area contributed by atoms with Gasteiger partial charge in [-0.3, -0.25) is 9.59 Å². The van der Waals surface area contributed by atoms with E-state index in [4.69, 9.17) is 9.84 Å². The second kappa shape index (κ2) is 6.66. The number of aromatic amines is 1. The molecule has 0 spiro atoms. The summed E-state index contributed by atoms with van der Waals surface area (Å²) in [7, 11) is 0. The Morgan fingerprint density at radius 2 is 2.16 bits per heavy atom. The van der Waals surface area contributed by atoms with Crippen LogP contribution in [0, 0.1) is 5.92 Å². The number of carbonyl (C=O) groups is 1. The number of aliphatic carboxylic acids is 1. The monoisotopic (exact) mass is 361 g/mol. The molecule has 0 radical (unpaired) electrons. The number of nitrogens with zero attached hydrogens (tertiary/aromatic N) is 2. The van der Waals surface area contributed by atoms with Crippen molar-refractivity contribution < 1.29 is 27.8 Å². The molecular formula is C15H18F3N3O4. The van der Waals surface area contributed by atoms with Crippen molar-refractivity contribution in [3.05, 3.63) is 22.1 Å². The summed E-state index contributed by atoms with van der Waals surface area (Å²) in [5.41, 5.74) is -2.75. The second-order valence-electron chi connectivity index (χ2n) is 6.41. The second-order valence-corrected chi connectivity index (χ2v) is 6.41. The standard InChI is InChI=1S/C15H18F3N3O4/c16-15(17,18)12-11(6-19-20-13(12)22)21-3-1-2-9(21)7-25-10-4-8(5-10)14(23)24/h6,8-10H,1-5,7H2,(H,20,22)(H,23,24)/t8?,9-,10?/m0/s1. The summed E-state index contributed by atoms with van der Waals surface area (Å²) in [4.78, 5) is 23.9. The minimum atomic E-state index is -4.78. The molecule has 1 saturated carbocycles. The molecule has 0 unspecified atom stereocenters. The zero-order valence-electron chi connectivity index (χ0n) is 13.3. The summed E-state index contributed by atoms with van der Waals surface area (Å²) >= 11 is 0. The first-order valence-electron chi connectivity index (χ1n) is 8.03. The van der Waals surface area contributed by atoms with E-state index in [0.717, 1.165) is 6.20 Å². The Bertz CT molecular complexity index is 700. The molecule has 1 aromatic heterocycles. The molecule has 0 aromatic carbocycles. The molecule has 1 aromatic rings. The van der Waals surface area contributed by atoms with Gasteiger partial charge in [0, 0.05) is 6.54 Å². The van der Waals surface area contributed by atoms with Gasteiger partial charge in [0.05, 0.1) is 36.6 Å². The number of alkyl halides is 3. The van der Waals surface area contributed by atoms with Gasteiger partial charge in [0.15, 0.2) is 0 Å². The highest BCUT2D eigenvalue weighted by atomic mass is 19.4. The fourth-order valence-corrected chi connectivity index (χ4v) is 3.36. The Kier molecular flexibility index (Phi) is 4.72. The van der Waals surface area contributed by atoms with Gasteiger partial charge >= 0.3 is 12.1 Å². The molecule has 3 rings (SSSR count). The summed E-state index contributed by atoms with van der Waals surface area (Å²) < 4.78 is 45.3. The van der Waals surface area contributed by atoms with Crippen molar-refractivity contribution in [2.24, 2.45) is 5.92 Å². The first-order chi connectivity index (χ1) is 11.8. The van der Waals surface area contributed by atoms with Crippen LogP contribution in [0.4, 0.5) is 18.9 Å². The number of hydrogen-bond donors (Lipinski definition) is 2. The van der Waals surface area contributed by atoms with Gasteiger partial charge in [0.25, 0.3) is 5.56 Å². The number of ether oxygens (including phenoxy) is 1. The van der Waals surface area contributed by atoms with Crippen molar-refractivity contribution in [2.75, 3.05) is 18.1 Å². The molecule has 10 heteroatoms. The van der Waals surface area contributed by atoms with Gasteiger partial charge < -0.3 is 14.7 Å². The first-order valence-corrected chi connectivity index (χ1v) is 8.03. The summed E-state index contributed by atoms with van der Waals surface area (Å²) in [5.74, 6) is -1.26. The van der Waals surface area contributed by atoms with Crippen molar-refractivity contribution in [1.82, 2.24) is 10.2 Å². The number of anilines is 1. The summed E-state index contributed by atoms with van der Waals surface area (Å²) in [5, 5.41) is 14.2. The van der Waals surface area contributed by atoms with Crippen molar-refractivity contribution in [3.8, 4) is 0 Å². The largest absolute Gasteiger partial charge is 0.481 e. The fourth-order valence-electron chi connectivity index (χ4n) is 3.36. The maximum Gasteiger partial charge on any atom is 0.423 e. The van der Waals surface area contributed by atoms with E-state index in [9.17, 15) is 22.8 Å². The lowest BCUT2D eigenvalue weighted by molar-refractivity contribution is -0.151. The summed E-state index contributed by atoms with van der Waals surface area (Å²) in [6.07, 6.45) is -1.78. The zero-order valence-corrected chi connectivity index (χ0v) is 13.3. The van der Waals surface area contributed by atoms with E-state index in [1.807, 2.05) is 5.10 Å². The van der Waals surface area contributed by atoms with Crippen molar-refractivity contribution >= 4 is 11.7 Å². The molecule has 1 atom stereocenters. The topological polar surface area (TPSA) is 95.5 Å². The molecule has 1 aliphatic heterocycles. The molecule has 2 heterocycles. The molecule has 2 fully saturated rings. The predicted octanol–water partition coefficient (Wildman–Crippen LogP) is 1.64. The van der Waals surface area contributed by atoms with Crippen LogP contribution in [0.5, 0.6) is 0 Å². The SMILES string of the molecule is O=C(O)C1CC(OC[C@@H]2CCCN2c2cn[nH]c(=O)c2C(F)(F)F)C1. The van der Waals surface area contributed by atoms with Gasteiger partial charge in [-0.25, -0.2) is 5.10 Å². The highest BCUT2D eigenvalue weighted by Gasteiger charge is 2.41. The zero-order chi connectivity index (χ0) is 18.2. The molecule has 1 aliphatic carbocycles. The minimum absolute atomic E-state index is 0.178. The molecular weight excluding hydrogens is 343 g/mol. The van der Waals surface area contributed by atoms with Crippen LogP contribution in [-0.2, 0) is 15.7 Å². The number of rotatable bonds is 5. The van der Waals surface area contributed by atoms with Crippen molar-refractivity contribution in [3.63, 3.8) is 0 Å². The molecule has 138 valence electrons. The average molecular weight is 361 g/mol. The van der Waals surface area contributed by atoms with E-state index >= 15 is 0 Å². The third-order valence-corrected chi connectivity index (χ3v) is 4.77. The maximum absolute atomic E-state index is 13.2. The number of H-pyrrole nitrogens is 1. The van der Waals surface area contributed by atoms with Crippen LogP contribution in [-0.4, -0.2) is 46.6 Å². The number of halogens is 3. The Hall–Kier alpha value is -2.10. The fraction of sp³-hybridized carbons (Fsp3) is 0.667. The normalized spacial score (nSPS) is 26.5. The smallest absolute Gasteiger partial charge is 0.423 e. The third-order valence-electron chi connectivity index (χ3n) is 4.77. The van der Waals surface area contributed by atoms with E-state index in [0.29, 0.717) is 32.2 Å². The van der Waals surface area contributed by atoms with Gasteiger partial charge in [-0.2, -0.15) is 18.3 Å². The van der Waals surface area contributed by atoms with Crippen molar-refractivity contribution in [2.45, 2.75) is 44.0 Å². The van der Waals surface area contributed by atoms with Gasteiger partial charge in [-0.15, -0.1) is 0 Å². The average Bonchev–Trinajstić information content (AvgIpc) is 2.91. The lowest BCUT2D eigenvalue weighted by atomic mass is 9.82. The van der Waals surface area contributed by atoms with Crippen LogP contribution in [0.2, 0.25) is 0 Å². The quantitative estimate of drug-likeness (QED) is 0.828. The predicted molar refractivity (Wildman–Crippen MR) is 80.3 cm³/mol. The van der Waals surface area contributed by atoms with E-state index in [-0.39, 0.29) is 24.4 Å². The van der Waals surface area contributed by atoms with Crippen LogP contribution in [0.1, 0.15) is 31.2 Å². The van der Waals surface area contributed by atoms with Gasteiger partial charge in [0.2, 0.25) is 0 Å². The minimum Gasteiger partial charge on any atom is -0.481 e. The van der Waals surface area contributed by atoms with Crippen LogP contribution < -0.4 is 10.5 Å². The highest BCUT2D eigenvalue weighted by Crippen LogP contribution is 2.37. The number of carboxylic acid groups (broad SMARTS) is 1. The van der Waals surface area contributed by atoms with E-state index < -0.39 is 29.2 Å². The molecule has 0 amide bonds. The molecule has 7 nitrogen and oxygen atoms in total. The van der Waals surface area contributed by atoms with Crippen LogP contribution in [0.15, 0.2) is 11.0 Å². The van der Waals surface area contributed by atoms with Gasteiger partial charge in [-0.05, 0) is 25.7 Å². The van der Waals surface area contributed by atoms with E-state index in [2.05, 4.69) is 5.10 Å². The van der Waals surface area contributed by atoms with Gasteiger partial charge in [0.1, 0.15) is 5.56 Å². The first kappa shape index (κ1) is 17.7.